The summed E-state index contributed by atoms with van der Waals surface area (Å²) in [5.74, 6) is 1.83. The molecule has 0 unspecified atom stereocenters. The fourth-order valence-electron chi connectivity index (χ4n) is 2.07. The van der Waals surface area contributed by atoms with Crippen molar-refractivity contribution in [3.05, 3.63) is 22.8 Å². The van der Waals surface area contributed by atoms with Gasteiger partial charge in [-0.15, -0.1) is 0 Å². The molecule has 1 aliphatic rings. The Morgan fingerprint density at radius 1 is 1.56 bits per heavy atom. The van der Waals surface area contributed by atoms with E-state index in [1.165, 1.54) is 0 Å². The SMILES string of the molecule is Nc1nccn2c([C@H]3CCOC3)nc(Br)c12. The smallest absolute Gasteiger partial charge is 0.150 e. The Kier molecular flexibility index (Phi) is 2.33. The summed E-state index contributed by atoms with van der Waals surface area (Å²) in [7, 11) is 0. The lowest BCUT2D eigenvalue weighted by molar-refractivity contribution is 0.193. The lowest BCUT2D eigenvalue weighted by Gasteiger charge is -2.06. The normalized spacial score (nSPS) is 20.7. The zero-order valence-electron chi connectivity index (χ0n) is 8.56. The number of nitrogen functional groups attached to an aromatic ring is 1. The van der Waals surface area contributed by atoms with E-state index in [0.717, 1.165) is 35.6 Å². The molecule has 0 spiro atoms. The van der Waals surface area contributed by atoms with Gasteiger partial charge in [-0.1, -0.05) is 0 Å². The maximum atomic E-state index is 5.84. The number of hydrogen-bond acceptors (Lipinski definition) is 4. The number of rotatable bonds is 1. The summed E-state index contributed by atoms with van der Waals surface area (Å²) in [5.41, 5.74) is 6.67. The first-order chi connectivity index (χ1) is 7.77. The number of imidazole rings is 1. The van der Waals surface area contributed by atoms with Crippen LogP contribution in [0.5, 0.6) is 0 Å². The molecule has 0 bridgehead atoms. The topological polar surface area (TPSA) is 65.4 Å². The molecule has 0 saturated carbocycles. The average Bonchev–Trinajstić information content (AvgIpc) is 2.86. The quantitative estimate of drug-likeness (QED) is 0.863. The second-order valence-corrected chi connectivity index (χ2v) is 4.60. The second-order valence-electron chi connectivity index (χ2n) is 3.85. The van der Waals surface area contributed by atoms with Crippen LogP contribution in [-0.2, 0) is 4.74 Å². The minimum atomic E-state index is 0.348. The van der Waals surface area contributed by atoms with Crippen LogP contribution in [0.25, 0.3) is 5.52 Å². The van der Waals surface area contributed by atoms with Gasteiger partial charge < -0.3 is 10.5 Å². The second kappa shape index (κ2) is 3.71. The molecule has 1 fully saturated rings. The molecule has 16 heavy (non-hydrogen) atoms. The van der Waals surface area contributed by atoms with Gasteiger partial charge >= 0.3 is 0 Å². The Balaban J connectivity index is 2.22. The predicted octanol–water partition coefficient (Wildman–Crippen LogP) is 1.58. The Morgan fingerprint density at radius 2 is 2.44 bits per heavy atom. The van der Waals surface area contributed by atoms with Gasteiger partial charge in [0.05, 0.1) is 6.61 Å². The molecule has 0 aliphatic carbocycles. The molecule has 0 radical (unpaired) electrons. The van der Waals surface area contributed by atoms with E-state index in [1.807, 2.05) is 10.6 Å². The zero-order chi connectivity index (χ0) is 11.1. The molecule has 2 aromatic rings. The third kappa shape index (κ3) is 1.41. The van der Waals surface area contributed by atoms with Crippen molar-refractivity contribution in [2.24, 2.45) is 0 Å². The third-order valence-corrected chi connectivity index (χ3v) is 3.42. The summed E-state index contributed by atoms with van der Waals surface area (Å²) >= 11 is 3.42. The van der Waals surface area contributed by atoms with Crippen molar-refractivity contribution in [3.8, 4) is 0 Å². The fraction of sp³-hybridized carbons (Fsp3) is 0.400. The molecular weight excluding hydrogens is 272 g/mol. The molecule has 5 nitrogen and oxygen atoms in total. The van der Waals surface area contributed by atoms with Crippen LogP contribution in [0, 0.1) is 0 Å². The van der Waals surface area contributed by atoms with E-state index in [-0.39, 0.29) is 0 Å². The first-order valence-electron chi connectivity index (χ1n) is 5.13. The van der Waals surface area contributed by atoms with Crippen LogP contribution >= 0.6 is 15.9 Å². The predicted molar refractivity (Wildman–Crippen MR) is 63.3 cm³/mol. The highest BCUT2D eigenvalue weighted by Gasteiger charge is 2.24. The van der Waals surface area contributed by atoms with Crippen molar-refractivity contribution in [2.75, 3.05) is 18.9 Å². The van der Waals surface area contributed by atoms with Gasteiger partial charge in [0.25, 0.3) is 0 Å². The summed E-state index contributed by atoms with van der Waals surface area (Å²) in [6.45, 7) is 1.53. The summed E-state index contributed by atoms with van der Waals surface area (Å²) in [4.78, 5) is 8.58. The molecule has 1 saturated heterocycles. The number of anilines is 1. The number of aromatic nitrogens is 3. The highest BCUT2D eigenvalue weighted by molar-refractivity contribution is 9.10. The van der Waals surface area contributed by atoms with Crippen LogP contribution in [0.15, 0.2) is 17.0 Å². The number of nitrogens with two attached hydrogens (primary N) is 1. The first-order valence-corrected chi connectivity index (χ1v) is 5.92. The van der Waals surface area contributed by atoms with Gasteiger partial charge in [0, 0.05) is 24.9 Å². The highest BCUT2D eigenvalue weighted by Crippen LogP contribution is 2.30. The minimum absolute atomic E-state index is 0.348. The van der Waals surface area contributed by atoms with E-state index in [1.54, 1.807) is 6.20 Å². The molecule has 0 amide bonds. The molecule has 3 heterocycles. The van der Waals surface area contributed by atoms with Gasteiger partial charge in [0.2, 0.25) is 0 Å². The third-order valence-electron chi connectivity index (χ3n) is 2.86. The number of fused-ring (bicyclic) bond motifs is 1. The summed E-state index contributed by atoms with van der Waals surface area (Å²) in [6, 6.07) is 0. The van der Waals surface area contributed by atoms with Crippen LogP contribution in [0.3, 0.4) is 0 Å². The number of halogens is 1. The van der Waals surface area contributed by atoms with Gasteiger partial charge in [-0.05, 0) is 22.4 Å². The minimum Gasteiger partial charge on any atom is -0.382 e. The largest absolute Gasteiger partial charge is 0.382 e. The van der Waals surface area contributed by atoms with E-state index in [9.17, 15) is 0 Å². The Labute approximate surface area is 101 Å². The molecule has 2 aromatic heterocycles. The lowest BCUT2D eigenvalue weighted by Crippen LogP contribution is -2.04. The Hall–Kier alpha value is -1.14. The maximum absolute atomic E-state index is 5.84. The molecule has 1 atom stereocenters. The van der Waals surface area contributed by atoms with Crippen molar-refractivity contribution in [1.29, 1.82) is 0 Å². The fourth-order valence-corrected chi connectivity index (χ4v) is 2.64. The van der Waals surface area contributed by atoms with E-state index in [4.69, 9.17) is 10.5 Å². The molecule has 1 aliphatic heterocycles. The zero-order valence-corrected chi connectivity index (χ0v) is 10.1. The first kappa shape index (κ1) is 10.0. The summed E-state index contributed by atoms with van der Waals surface area (Å²) < 4.78 is 8.13. The van der Waals surface area contributed by atoms with E-state index in [0.29, 0.717) is 11.7 Å². The van der Waals surface area contributed by atoms with Crippen molar-refractivity contribution in [2.45, 2.75) is 12.3 Å². The van der Waals surface area contributed by atoms with Gasteiger partial charge in [0.15, 0.2) is 5.82 Å². The molecule has 0 aromatic carbocycles. The van der Waals surface area contributed by atoms with Crippen LogP contribution in [0.1, 0.15) is 18.2 Å². The molecule has 3 rings (SSSR count). The molecular formula is C10H11BrN4O. The number of ether oxygens (including phenoxy) is 1. The van der Waals surface area contributed by atoms with Crippen LogP contribution in [-0.4, -0.2) is 27.6 Å². The molecule has 2 N–H and O–H groups in total. The van der Waals surface area contributed by atoms with Crippen molar-refractivity contribution in [1.82, 2.24) is 14.4 Å². The van der Waals surface area contributed by atoms with E-state index >= 15 is 0 Å². The lowest BCUT2D eigenvalue weighted by atomic mass is 10.1. The van der Waals surface area contributed by atoms with Gasteiger partial charge in [0.1, 0.15) is 15.9 Å². The van der Waals surface area contributed by atoms with Crippen LogP contribution in [0.4, 0.5) is 5.82 Å². The Morgan fingerprint density at radius 3 is 3.19 bits per heavy atom. The van der Waals surface area contributed by atoms with Gasteiger partial charge in [-0.2, -0.15) is 0 Å². The highest BCUT2D eigenvalue weighted by atomic mass is 79.9. The van der Waals surface area contributed by atoms with E-state index in [2.05, 4.69) is 25.9 Å². The average molecular weight is 283 g/mol. The van der Waals surface area contributed by atoms with Crippen LogP contribution < -0.4 is 5.73 Å². The van der Waals surface area contributed by atoms with Crippen molar-refractivity contribution < 1.29 is 4.74 Å². The number of nitrogens with zero attached hydrogens (tertiary/aromatic N) is 3. The van der Waals surface area contributed by atoms with Gasteiger partial charge in [-0.3, -0.25) is 4.40 Å². The monoisotopic (exact) mass is 282 g/mol. The van der Waals surface area contributed by atoms with Crippen LogP contribution in [0.2, 0.25) is 0 Å². The maximum Gasteiger partial charge on any atom is 0.150 e. The standard InChI is InChI=1S/C10H11BrN4O/c11-8-7-9(12)13-2-3-15(7)10(14-8)6-1-4-16-5-6/h2-3,6H,1,4-5H2,(H2,12,13)/t6-/m0/s1. The molecule has 6 heteroatoms. The summed E-state index contributed by atoms with van der Waals surface area (Å²) in [5, 5.41) is 0. The Bertz CT molecular complexity index is 533. The molecule has 84 valence electrons. The summed E-state index contributed by atoms with van der Waals surface area (Å²) in [6.07, 6.45) is 4.58. The number of hydrogen-bond donors (Lipinski definition) is 1. The van der Waals surface area contributed by atoms with Crippen molar-refractivity contribution >= 4 is 27.3 Å². The van der Waals surface area contributed by atoms with E-state index < -0.39 is 0 Å². The van der Waals surface area contributed by atoms with Gasteiger partial charge in [-0.25, -0.2) is 9.97 Å². The van der Waals surface area contributed by atoms with Crippen molar-refractivity contribution in [3.63, 3.8) is 0 Å².